The minimum atomic E-state index is -0.410. The molecule has 0 fully saturated rings. The van der Waals surface area contributed by atoms with Gasteiger partial charge in [0.25, 0.3) is 0 Å². The van der Waals surface area contributed by atoms with Crippen LogP contribution >= 0.6 is 0 Å². The van der Waals surface area contributed by atoms with Gasteiger partial charge < -0.3 is 10.5 Å². The van der Waals surface area contributed by atoms with Crippen LogP contribution in [0.15, 0.2) is 6.20 Å². The highest BCUT2D eigenvalue weighted by molar-refractivity contribution is 5.90. The fourth-order valence-electron chi connectivity index (χ4n) is 1.33. The van der Waals surface area contributed by atoms with Gasteiger partial charge in [0.05, 0.1) is 12.3 Å². The fraction of sp³-hybridized carbons (Fsp3) is 0.545. The van der Waals surface area contributed by atoms with Gasteiger partial charge in [0.1, 0.15) is 5.56 Å². The Labute approximate surface area is 95.0 Å². The SMILES string of the molecule is CCOC(=O)c1cnc(N)nc1C(C)(C)C. The van der Waals surface area contributed by atoms with Crippen molar-refractivity contribution in [1.82, 2.24) is 9.97 Å². The zero-order valence-corrected chi connectivity index (χ0v) is 10.1. The summed E-state index contributed by atoms with van der Waals surface area (Å²) < 4.78 is 4.94. The van der Waals surface area contributed by atoms with E-state index in [9.17, 15) is 4.79 Å². The van der Waals surface area contributed by atoms with Crippen LogP contribution in [0.1, 0.15) is 43.7 Å². The van der Waals surface area contributed by atoms with E-state index in [0.29, 0.717) is 17.9 Å². The molecule has 0 aliphatic heterocycles. The lowest BCUT2D eigenvalue weighted by molar-refractivity contribution is 0.0522. The van der Waals surface area contributed by atoms with Crippen LogP contribution in [0.4, 0.5) is 5.95 Å². The van der Waals surface area contributed by atoms with Crippen molar-refractivity contribution in [2.45, 2.75) is 33.1 Å². The molecule has 1 aromatic rings. The number of carbonyl (C=O) groups excluding carboxylic acids is 1. The molecule has 5 nitrogen and oxygen atoms in total. The van der Waals surface area contributed by atoms with Crippen molar-refractivity contribution in [1.29, 1.82) is 0 Å². The van der Waals surface area contributed by atoms with Gasteiger partial charge in [-0.3, -0.25) is 0 Å². The summed E-state index contributed by atoms with van der Waals surface area (Å²) in [6, 6.07) is 0. The lowest BCUT2D eigenvalue weighted by Crippen LogP contribution is -2.21. The molecular weight excluding hydrogens is 206 g/mol. The smallest absolute Gasteiger partial charge is 0.341 e. The molecule has 1 rings (SSSR count). The monoisotopic (exact) mass is 223 g/mol. The Hall–Kier alpha value is -1.65. The van der Waals surface area contributed by atoms with Crippen molar-refractivity contribution in [3.8, 4) is 0 Å². The van der Waals surface area contributed by atoms with Gasteiger partial charge >= 0.3 is 5.97 Å². The topological polar surface area (TPSA) is 78.1 Å². The number of ether oxygens (including phenoxy) is 1. The van der Waals surface area contributed by atoms with Crippen LogP contribution < -0.4 is 5.73 Å². The number of hydrogen-bond acceptors (Lipinski definition) is 5. The Morgan fingerprint density at radius 2 is 2.12 bits per heavy atom. The van der Waals surface area contributed by atoms with E-state index in [1.165, 1.54) is 6.20 Å². The molecule has 0 radical (unpaired) electrons. The molecule has 1 heterocycles. The largest absolute Gasteiger partial charge is 0.462 e. The molecule has 0 amide bonds. The summed E-state index contributed by atoms with van der Waals surface area (Å²) in [4.78, 5) is 19.6. The second-order valence-electron chi connectivity index (χ2n) is 4.46. The fourth-order valence-corrected chi connectivity index (χ4v) is 1.33. The van der Waals surface area contributed by atoms with Gasteiger partial charge in [0.15, 0.2) is 0 Å². The molecule has 0 aliphatic carbocycles. The maximum atomic E-state index is 11.7. The first-order chi connectivity index (χ1) is 7.36. The van der Waals surface area contributed by atoms with Crippen molar-refractivity contribution < 1.29 is 9.53 Å². The van der Waals surface area contributed by atoms with Gasteiger partial charge in [-0.15, -0.1) is 0 Å². The summed E-state index contributed by atoms with van der Waals surface area (Å²) in [6.07, 6.45) is 1.42. The molecule has 2 N–H and O–H groups in total. The highest BCUT2D eigenvalue weighted by Crippen LogP contribution is 2.24. The standard InChI is InChI=1S/C11H17N3O2/c1-5-16-9(15)7-6-13-10(12)14-8(7)11(2,3)4/h6H,5H2,1-4H3,(H2,12,13,14). The number of nitrogen functional groups attached to an aromatic ring is 1. The van der Waals surface area contributed by atoms with Gasteiger partial charge in [-0.1, -0.05) is 20.8 Å². The zero-order valence-electron chi connectivity index (χ0n) is 10.1. The summed E-state index contributed by atoms with van der Waals surface area (Å²) >= 11 is 0. The number of esters is 1. The molecule has 1 aromatic heterocycles. The molecule has 0 saturated heterocycles. The number of carbonyl (C=O) groups is 1. The zero-order chi connectivity index (χ0) is 12.3. The molecule has 88 valence electrons. The molecular formula is C11H17N3O2. The van der Waals surface area contributed by atoms with Crippen molar-refractivity contribution in [2.75, 3.05) is 12.3 Å². The number of rotatable bonds is 2. The third-order valence-electron chi connectivity index (χ3n) is 2.01. The van der Waals surface area contributed by atoms with E-state index in [1.54, 1.807) is 6.92 Å². The predicted molar refractivity (Wildman–Crippen MR) is 61.1 cm³/mol. The van der Waals surface area contributed by atoms with Crippen LogP contribution in [-0.2, 0) is 10.2 Å². The van der Waals surface area contributed by atoms with Crippen molar-refractivity contribution in [2.24, 2.45) is 0 Å². The molecule has 0 spiro atoms. The van der Waals surface area contributed by atoms with Crippen LogP contribution in [0.25, 0.3) is 0 Å². The van der Waals surface area contributed by atoms with Crippen LogP contribution in [0.2, 0.25) is 0 Å². The third-order valence-corrected chi connectivity index (χ3v) is 2.01. The molecule has 0 aliphatic rings. The molecule has 0 unspecified atom stereocenters. The first-order valence-corrected chi connectivity index (χ1v) is 5.16. The summed E-state index contributed by atoms with van der Waals surface area (Å²) in [5.74, 6) is -0.245. The Balaban J connectivity index is 3.23. The molecule has 0 aromatic carbocycles. The molecule has 0 saturated carbocycles. The van der Waals surface area contributed by atoms with E-state index in [1.807, 2.05) is 20.8 Å². The molecule has 0 bridgehead atoms. The lowest BCUT2D eigenvalue weighted by atomic mass is 9.89. The average molecular weight is 223 g/mol. The van der Waals surface area contributed by atoms with E-state index in [4.69, 9.17) is 10.5 Å². The molecule has 5 heteroatoms. The number of hydrogen-bond donors (Lipinski definition) is 1. The quantitative estimate of drug-likeness (QED) is 0.769. The Morgan fingerprint density at radius 3 is 2.62 bits per heavy atom. The van der Waals surface area contributed by atoms with E-state index in [2.05, 4.69) is 9.97 Å². The second kappa shape index (κ2) is 4.47. The van der Waals surface area contributed by atoms with Gasteiger partial charge in [-0.2, -0.15) is 0 Å². The Morgan fingerprint density at radius 1 is 1.50 bits per heavy atom. The summed E-state index contributed by atoms with van der Waals surface area (Å²) in [6.45, 7) is 7.95. The first-order valence-electron chi connectivity index (χ1n) is 5.16. The van der Waals surface area contributed by atoms with Gasteiger partial charge in [-0.25, -0.2) is 14.8 Å². The minimum absolute atomic E-state index is 0.165. The lowest BCUT2D eigenvalue weighted by Gasteiger charge is -2.20. The molecule has 0 atom stereocenters. The van der Waals surface area contributed by atoms with E-state index in [0.717, 1.165) is 0 Å². The van der Waals surface area contributed by atoms with Gasteiger partial charge in [0, 0.05) is 11.6 Å². The Bertz CT molecular complexity index is 397. The summed E-state index contributed by atoms with van der Waals surface area (Å²) in [5, 5.41) is 0. The number of anilines is 1. The maximum Gasteiger partial charge on any atom is 0.341 e. The Kier molecular flexibility index (Phi) is 3.47. The third kappa shape index (κ3) is 2.68. The minimum Gasteiger partial charge on any atom is -0.462 e. The van der Waals surface area contributed by atoms with E-state index in [-0.39, 0.29) is 11.4 Å². The van der Waals surface area contributed by atoms with Gasteiger partial charge in [0.2, 0.25) is 5.95 Å². The van der Waals surface area contributed by atoms with E-state index >= 15 is 0 Å². The van der Waals surface area contributed by atoms with Crippen LogP contribution in [-0.4, -0.2) is 22.5 Å². The molecule has 16 heavy (non-hydrogen) atoms. The maximum absolute atomic E-state index is 11.7. The first kappa shape index (κ1) is 12.4. The predicted octanol–water partition coefficient (Wildman–Crippen LogP) is 1.53. The highest BCUT2D eigenvalue weighted by Gasteiger charge is 2.25. The van der Waals surface area contributed by atoms with Crippen LogP contribution in [0.5, 0.6) is 0 Å². The number of aromatic nitrogens is 2. The van der Waals surface area contributed by atoms with Gasteiger partial charge in [-0.05, 0) is 6.92 Å². The second-order valence-corrected chi connectivity index (χ2v) is 4.46. The number of nitrogens with two attached hydrogens (primary N) is 1. The number of nitrogens with zero attached hydrogens (tertiary/aromatic N) is 2. The summed E-state index contributed by atoms with van der Waals surface area (Å²) in [5.41, 5.74) is 6.23. The van der Waals surface area contributed by atoms with Crippen LogP contribution in [0, 0.1) is 0 Å². The van der Waals surface area contributed by atoms with Crippen molar-refractivity contribution in [3.05, 3.63) is 17.5 Å². The van der Waals surface area contributed by atoms with Crippen LogP contribution in [0.3, 0.4) is 0 Å². The summed E-state index contributed by atoms with van der Waals surface area (Å²) in [7, 11) is 0. The van der Waals surface area contributed by atoms with Crippen molar-refractivity contribution in [3.63, 3.8) is 0 Å². The van der Waals surface area contributed by atoms with E-state index < -0.39 is 5.97 Å². The highest BCUT2D eigenvalue weighted by atomic mass is 16.5. The average Bonchev–Trinajstić information content (AvgIpc) is 2.16. The normalized spacial score (nSPS) is 11.2. The van der Waals surface area contributed by atoms with Crippen molar-refractivity contribution >= 4 is 11.9 Å².